The maximum atomic E-state index is 12.2. The Kier molecular flexibility index (Phi) is 5.49. The van der Waals surface area contributed by atoms with Crippen molar-refractivity contribution in [3.63, 3.8) is 0 Å². The van der Waals surface area contributed by atoms with E-state index in [1.807, 2.05) is 26.0 Å². The molecule has 2 heterocycles. The van der Waals surface area contributed by atoms with E-state index in [1.54, 1.807) is 12.3 Å². The Bertz CT molecular complexity index is 416. The van der Waals surface area contributed by atoms with Crippen LogP contribution in [-0.4, -0.2) is 36.3 Å². The largest absolute Gasteiger partial charge is 0.376 e. The molecule has 0 bridgehead atoms. The molecule has 1 fully saturated rings. The number of carbonyl (C=O) groups is 1. The number of pyridine rings is 1. The molecule has 5 heteroatoms. The highest BCUT2D eigenvalue weighted by Crippen LogP contribution is 2.16. The summed E-state index contributed by atoms with van der Waals surface area (Å²) in [5.74, 6) is 0.487. The number of hydrogen-bond acceptors (Lipinski definition) is 4. The zero-order valence-electron chi connectivity index (χ0n) is 12.0. The summed E-state index contributed by atoms with van der Waals surface area (Å²) in [5, 5.41) is 2.78. The van der Waals surface area contributed by atoms with Gasteiger partial charge in [0.05, 0.1) is 12.7 Å². The number of ether oxygens (including phenoxy) is 2. The Labute approximate surface area is 119 Å². The Morgan fingerprint density at radius 3 is 3.00 bits per heavy atom. The minimum absolute atomic E-state index is 0.0973. The van der Waals surface area contributed by atoms with Crippen molar-refractivity contribution in [2.75, 3.05) is 18.5 Å². The van der Waals surface area contributed by atoms with Gasteiger partial charge in [0.1, 0.15) is 11.9 Å². The van der Waals surface area contributed by atoms with Gasteiger partial charge in [-0.1, -0.05) is 19.9 Å². The van der Waals surface area contributed by atoms with Gasteiger partial charge in [-0.3, -0.25) is 4.79 Å². The molecule has 0 aromatic carbocycles. The second kappa shape index (κ2) is 7.36. The van der Waals surface area contributed by atoms with Gasteiger partial charge in [-0.2, -0.15) is 0 Å². The molecule has 1 aromatic heterocycles. The molecule has 0 aliphatic carbocycles. The monoisotopic (exact) mass is 278 g/mol. The molecular weight excluding hydrogens is 256 g/mol. The van der Waals surface area contributed by atoms with E-state index < -0.39 is 6.10 Å². The zero-order valence-corrected chi connectivity index (χ0v) is 12.0. The lowest BCUT2D eigenvalue weighted by Crippen LogP contribution is -2.37. The molecule has 0 unspecified atom stereocenters. The van der Waals surface area contributed by atoms with Crippen molar-refractivity contribution in [2.24, 2.45) is 5.92 Å². The van der Waals surface area contributed by atoms with Crippen LogP contribution in [0.15, 0.2) is 24.4 Å². The fourth-order valence-corrected chi connectivity index (χ4v) is 2.19. The van der Waals surface area contributed by atoms with Crippen molar-refractivity contribution in [3.8, 4) is 0 Å². The lowest BCUT2D eigenvalue weighted by Gasteiger charge is -2.22. The van der Waals surface area contributed by atoms with Crippen LogP contribution in [-0.2, 0) is 14.3 Å². The van der Waals surface area contributed by atoms with Gasteiger partial charge in [0, 0.05) is 12.8 Å². The highest BCUT2D eigenvalue weighted by atomic mass is 16.5. The van der Waals surface area contributed by atoms with Crippen molar-refractivity contribution in [1.29, 1.82) is 0 Å². The van der Waals surface area contributed by atoms with E-state index in [0.717, 1.165) is 19.4 Å². The van der Waals surface area contributed by atoms with Crippen LogP contribution in [0.1, 0.15) is 26.7 Å². The second-order valence-electron chi connectivity index (χ2n) is 5.34. The first-order valence-electron chi connectivity index (χ1n) is 7.12. The first-order valence-corrected chi connectivity index (χ1v) is 7.12. The van der Waals surface area contributed by atoms with Crippen LogP contribution in [0.4, 0.5) is 5.82 Å². The molecule has 0 radical (unpaired) electrons. The summed E-state index contributed by atoms with van der Waals surface area (Å²) in [7, 11) is 0. The van der Waals surface area contributed by atoms with E-state index in [0.29, 0.717) is 12.4 Å². The fourth-order valence-electron chi connectivity index (χ4n) is 2.19. The smallest absolute Gasteiger partial charge is 0.254 e. The number of nitrogens with zero attached hydrogens (tertiary/aromatic N) is 1. The number of rotatable bonds is 6. The SMILES string of the molecule is CC(C)[C@@H](OC[C@@H]1CCCO1)C(=O)Nc1ccccn1. The highest BCUT2D eigenvalue weighted by molar-refractivity contribution is 5.93. The van der Waals surface area contributed by atoms with Crippen molar-refractivity contribution >= 4 is 11.7 Å². The number of aromatic nitrogens is 1. The highest BCUT2D eigenvalue weighted by Gasteiger charge is 2.26. The zero-order chi connectivity index (χ0) is 14.4. The van der Waals surface area contributed by atoms with Crippen molar-refractivity contribution < 1.29 is 14.3 Å². The summed E-state index contributed by atoms with van der Waals surface area (Å²) >= 11 is 0. The minimum atomic E-state index is -0.485. The molecule has 20 heavy (non-hydrogen) atoms. The molecule has 5 nitrogen and oxygen atoms in total. The lowest BCUT2D eigenvalue weighted by molar-refractivity contribution is -0.132. The summed E-state index contributed by atoms with van der Waals surface area (Å²) in [6.45, 7) is 5.20. The number of anilines is 1. The van der Waals surface area contributed by atoms with E-state index >= 15 is 0 Å². The molecule has 1 amide bonds. The third-order valence-corrected chi connectivity index (χ3v) is 3.27. The Balaban J connectivity index is 1.88. The predicted molar refractivity (Wildman–Crippen MR) is 76.4 cm³/mol. The van der Waals surface area contributed by atoms with Crippen LogP contribution in [0.3, 0.4) is 0 Å². The van der Waals surface area contributed by atoms with Crippen LogP contribution in [0.2, 0.25) is 0 Å². The maximum Gasteiger partial charge on any atom is 0.254 e. The number of hydrogen-bond donors (Lipinski definition) is 1. The standard InChI is InChI=1S/C15H22N2O3/c1-11(2)14(20-10-12-6-5-9-19-12)15(18)17-13-7-3-4-8-16-13/h3-4,7-8,11-12,14H,5-6,9-10H2,1-2H3,(H,16,17,18)/t12-,14+/m0/s1. The van der Waals surface area contributed by atoms with E-state index in [4.69, 9.17) is 9.47 Å². The third kappa shape index (κ3) is 4.28. The quantitative estimate of drug-likeness (QED) is 0.867. The molecule has 1 aliphatic heterocycles. The average molecular weight is 278 g/mol. The summed E-state index contributed by atoms with van der Waals surface area (Å²) < 4.78 is 11.3. The molecule has 2 atom stereocenters. The first-order chi connectivity index (χ1) is 9.66. The number of carbonyl (C=O) groups excluding carboxylic acids is 1. The predicted octanol–water partition coefficient (Wildman–Crippen LogP) is 2.24. The van der Waals surface area contributed by atoms with Crippen molar-refractivity contribution in [3.05, 3.63) is 24.4 Å². The van der Waals surface area contributed by atoms with Gasteiger partial charge < -0.3 is 14.8 Å². The van der Waals surface area contributed by atoms with Crippen LogP contribution in [0.5, 0.6) is 0 Å². The van der Waals surface area contributed by atoms with E-state index in [-0.39, 0.29) is 17.9 Å². The summed E-state index contributed by atoms with van der Waals surface area (Å²) in [5.41, 5.74) is 0. The van der Waals surface area contributed by atoms with Gasteiger partial charge in [-0.25, -0.2) is 4.98 Å². The number of nitrogens with one attached hydrogen (secondary N) is 1. The van der Waals surface area contributed by atoms with E-state index in [9.17, 15) is 4.79 Å². The van der Waals surface area contributed by atoms with Gasteiger partial charge in [0.2, 0.25) is 0 Å². The molecule has 110 valence electrons. The maximum absolute atomic E-state index is 12.2. The van der Waals surface area contributed by atoms with Crippen LogP contribution in [0, 0.1) is 5.92 Å². The normalized spacial score (nSPS) is 20.1. The van der Waals surface area contributed by atoms with E-state index in [1.165, 1.54) is 0 Å². The third-order valence-electron chi connectivity index (χ3n) is 3.27. The van der Waals surface area contributed by atoms with Gasteiger partial charge in [0.25, 0.3) is 5.91 Å². The molecule has 1 N–H and O–H groups in total. The molecule has 0 spiro atoms. The van der Waals surface area contributed by atoms with Gasteiger partial charge in [-0.15, -0.1) is 0 Å². The van der Waals surface area contributed by atoms with Crippen LogP contribution in [0.25, 0.3) is 0 Å². The van der Waals surface area contributed by atoms with Crippen LogP contribution < -0.4 is 5.32 Å². The van der Waals surface area contributed by atoms with Gasteiger partial charge in [-0.05, 0) is 30.9 Å². The topological polar surface area (TPSA) is 60.5 Å². The first kappa shape index (κ1) is 14.9. The van der Waals surface area contributed by atoms with Crippen LogP contribution >= 0.6 is 0 Å². The summed E-state index contributed by atoms with van der Waals surface area (Å²) in [6.07, 6.45) is 3.36. The van der Waals surface area contributed by atoms with Crippen molar-refractivity contribution in [1.82, 2.24) is 4.98 Å². The Hall–Kier alpha value is -1.46. The molecule has 2 rings (SSSR count). The number of amides is 1. The van der Waals surface area contributed by atoms with Gasteiger partial charge in [0.15, 0.2) is 0 Å². The molecule has 1 saturated heterocycles. The minimum Gasteiger partial charge on any atom is -0.376 e. The lowest BCUT2D eigenvalue weighted by atomic mass is 10.1. The summed E-state index contributed by atoms with van der Waals surface area (Å²) in [4.78, 5) is 16.3. The Morgan fingerprint density at radius 1 is 1.55 bits per heavy atom. The molecule has 1 aliphatic rings. The van der Waals surface area contributed by atoms with E-state index in [2.05, 4.69) is 10.3 Å². The summed E-state index contributed by atoms with van der Waals surface area (Å²) in [6, 6.07) is 5.40. The van der Waals surface area contributed by atoms with Crippen molar-refractivity contribution in [2.45, 2.75) is 38.9 Å². The second-order valence-corrected chi connectivity index (χ2v) is 5.34. The Morgan fingerprint density at radius 2 is 2.40 bits per heavy atom. The van der Waals surface area contributed by atoms with Gasteiger partial charge >= 0.3 is 0 Å². The molecule has 1 aromatic rings. The molecule has 0 saturated carbocycles. The molecular formula is C15H22N2O3. The fraction of sp³-hybridized carbons (Fsp3) is 0.600. The average Bonchev–Trinajstić information content (AvgIpc) is 2.93.